The number of aromatic nitrogens is 1. The standard InChI is InChI=1S/C22H18N2O4/c1-3-12-23-21(25)14-28-22(26)18-13-20(15-8-10-16(27-2)11-9-15)24-19-7-5-4-6-17(18)19/h1,4-11,13H,12,14H2,2H3,(H,23,25). The molecule has 1 heterocycles. The van der Waals surface area contributed by atoms with Gasteiger partial charge in [0.25, 0.3) is 5.91 Å². The van der Waals surface area contributed by atoms with Gasteiger partial charge in [-0.3, -0.25) is 4.79 Å². The smallest absolute Gasteiger partial charge is 0.339 e. The van der Waals surface area contributed by atoms with Gasteiger partial charge in [-0.05, 0) is 36.4 Å². The second-order valence-corrected chi connectivity index (χ2v) is 5.86. The van der Waals surface area contributed by atoms with E-state index in [9.17, 15) is 9.59 Å². The van der Waals surface area contributed by atoms with Crippen LogP contribution < -0.4 is 10.1 Å². The quantitative estimate of drug-likeness (QED) is 0.530. The Kier molecular flexibility index (Phi) is 5.87. The summed E-state index contributed by atoms with van der Waals surface area (Å²) in [5.41, 5.74) is 2.43. The molecule has 1 N–H and O–H groups in total. The lowest BCUT2D eigenvalue weighted by molar-refractivity contribution is -0.123. The highest BCUT2D eigenvalue weighted by Gasteiger charge is 2.16. The summed E-state index contributed by atoms with van der Waals surface area (Å²) in [6, 6.07) is 16.3. The van der Waals surface area contributed by atoms with Crippen LogP contribution >= 0.6 is 0 Å². The summed E-state index contributed by atoms with van der Waals surface area (Å²) in [6.07, 6.45) is 5.09. The van der Waals surface area contributed by atoms with E-state index in [1.807, 2.05) is 42.5 Å². The minimum absolute atomic E-state index is 0.0796. The summed E-state index contributed by atoms with van der Waals surface area (Å²) in [4.78, 5) is 28.9. The van der Waals surface area contributed by atoms with Gasteiger partial charge >= 0.3 is 5.97 Å². The molecular weight excluding hydrogens is 356 g/mol. The number of carbonyl (C=O) groups excluding carboxylic acids is 2. The molecule has 3 aromatic rings. The van der Waals surface area contributed by atoms with Crippen molar-refractivity contribution in [1.29, 1.82) is 0 Å². The van der Waals surface area contributed by atoms with Gasteiger partial charge in [0.1, 0.15) is 5.75 Å². The normalized spacial score (nSPS) is 10.1. The monoisotopic (exact) mass is 374 g/mol. The first-order chi connectivity index (χ1) is 13.6. The zero-order chi connectivity index (χ0) is 19.9. The van der Waals surface area contributed by atoms with Crippen LogP contribution in [-0.2, 0) is 9.53 Å². The molecule has 0 aliphatic rings. The topological polar surface area (TPSA) is 77.5 Å². The van der Waals surface area contributed by atoms with Gasteiger partial charge in [0, 0.05) is 10.9 Å². The second kappa shape index (κ2) is 8.69. The van der Waals surface area contributed by atoms with Gasteiger partial charge in [-0.1, -0.05) is 24.1 Å². The van der Waals surface area contributed by atoms with Crippen LogP contribution in [0, 0.1) is 12.3 Å². The number of carbonyl (C=O) groups is 2. The van der Waals surface area contributed by atoms with Gasteiger partial charge < -0.3 is 14.8 Å². The van der Waals surface area contributed by atoms with Gasteiger partial charge in [0.15, 0.2) is 6.61 Å². The molecule has 0 bridgehead atoms. The molecular formula is C22H18N2O4. The third-order valence-corrected chi connectivity index (χ3v) is 4.04. The summed E-state index contributed by atoms with van der Waals surface area (Å²) in [5, 5.41) is 3.09. The number of pyridine rings is 1. The Hall–Kier alpha value is -3.85. The molecule has 0 aliphatic heterocycles. The van der Waals surface area contributed by atoms with E-state index < -0.39 is 18.5 Å². The number of para-hydroxylation sites is 1. The number of nitrogens with one attached hydrogen (secondary N) is 1. The second-order valence-electron chi connectivity index (χ2n) is 5.86. The van der Waals surface area contributed by atoms with Crippen molar-refractivity contribution in [2.75, 3.05) is 20.3 Å². The first-order valence-electron chi connectivity index (χ1n) is 8.54. The van der Waals surface area contributed by atoms with E-state index in [0.717, 1.165) is 11.3 Å². The molecule has 0 unspecified atom stereocenters. The van der Waals surface area contributed by atoms with Crippen molar-refractivity contribution in [3.05, 3.63) is 60.2 Å². The Labute approximate surface area is 162 Å². The fourth-order valence-corrected chi connectivity index (χ4v) is 2.66. The molecule has 0 spiro atoms. The van der Waals surface area contributed by atoms with E-state index in [2.05, 4.69) is 16.2 Å². The van der Waals surface area contributed by atoms with Gasteiger partial charge in [-0.15, -0.1) is 6.42 Å². The SMILES string of the molecule is C#CCNC(=O)COC(=O)c1cc(-c2ccc(OC)cc2)nc2ccccc12. The Morgan fingerprint density at radius 3 is 2.61 bits per heavy atom. The molecule has 0 fully saturated rings. The lowest BCUT2D eigenvalue weighted by Gasteiger charge is -2.10. The highest BCUT2D eigenvalue weighted by Crippen LogP contribution is 2.26. The van der Waals surface area contributed by atoms with Crippen molar-refractivity contribution in [3.63, 3.8) is 0 Å². The third-order valence-electron chi connectivity index (χ3n) is 4.04. The number of terminal acetylenes is 1. The van der Waals surface area contributed by atoms with Gasteiger partial charge in [0.05, 0.1) is 30.4 Å². The number of rotatable bonds is 6. The number of methoxy groups -OCH3 is 1. The number of benzene rings is 2. The predicted octanol–water partition coefficient (Wildman–Crippen LogP) is 2.82. The van der Waals surface area contributed by atoms with Crippen molar-refractivity contribution >= 4 is 22.8 Å². The molecule has 6 nitrogen and oxygen atoms in total. The highest BCUT2D eigenvalue weighted by molar-refractivity contribution is 6.05. The van der Waals surface area contributed by atoms with Crippen LogP contribution in [0.3, 0.4) is 0 Å². The van der Waals surface area contributed by atoms with Crippen LogP contribution in [0.4, 0.5) is 0 Å². The zero-order valence-electron chi connectivity index (χ0n) is 15.3. The van der Waals surface area contributed by atoms with Crippen LogP contribution in [0.25, 0.3) is 22.2 Å². The van der Waals surface area contributed by atoms with Crippen molar-refractivity contribution in [3.8, 4) is 29.4 Å². The molecule has 0 aliphatic carbocycles. The zero-order valence-corrected chi connectivity index (χ0v) is 15.3. The predicted molar refractivity (Wildman–Crippen MR) is 106 cm³/mol. The van der Waals surface area contributed by atoms with E-state index in [-0.39, 0.29) is 6.54 Å². The summed E-state index contributed by atoms with van der Waals surface area (Å²) in [6.45, 7) is -0.328. The fourth-order valence-electron chi connectivity index (χ4n) is 2.66. The van der Waals surface area contributed by atoms with Crippen molar-refractivity contribution < 1.29 is 19.1 Å². The first kappa shape index (κ1) is 18.9. The number of hydrogen-bond acceptors (Lipinski definition) is 5. The molecule has 0 atom stereocenters. The van der Waals surface area contributed by atoms with Gasteiger partial charge in [-0.2, -0.15) is 0 Å². The summed E-state index contributed by atoms with van der Waals surface area (Å²) in [5.74, 6) is 1.94. The van der Waals surface area contributed by atoms with Crippen LogP contribution in [0.2, 0.25) is 0 Å². The van der Waals surface area contributed by atoms with Gasteiger partial charge in [0.2, 0.25) is 0 Å². The minimum Gasteiger partial charge on any atom is -0.497 e. The molecule has 1 amide bonds. The van der Waals surface area contributed by atoms with Crippen molar-refractivity contribution in [2.24, 2.45) is 0 Å². The van der Waals surface area contributed by atoms with Crippen LogP contribution in [0.1, 0.15) is 10.4 Å². The molecule has 6 heteroatoms. The maximum atomic E-state index is 12.6. The van der Waals surface area contributed by atoms with E-state index in [1.54, 1.807) is 19.2 Å². The van der Waals surface area contributed by atoms with Crippen LogP contribution in [0.15, 0.2) is 54.6 Å². The van der Waals surface area contributed by atoms with Gasteiger partial charge in [-0.25, -0.2) is 9.78 Å². The third kappa shape index (κ3) is 4.27. The van der Waals surface area contributed by atoms with Crippen molar-refractivity contribution in [1.82, 2.24) is 10.3 Å². The Morgan fingerprint density at radius 1 is 1.14 bits per heavy atom. The molecule has 140 valence electrons. The molecule has 2 aromatic carbocycles. The van der Waals surface area contributed by atoms with E-state index in [4.69, 9.17) is 15.9 Å². The lowest BCUT2D eigenvalue weighted by Crippen LogP contribution is -2.29. The number of fused-ring (bicyclic) bond motifs is 1. The Morgan fingerprint density at radius 2 is 1.89 bits per heavy atom. The Bertz CT molecular complexity index is 1050. The average molecular weight is 374 g/mol. The Balaban J connectivity index is 1.93. The first-order valence-corrected chi connectivity index (χ1v) is 8.54. The fraction of sp³-hybridized carbons (Fsp3) is 0.136. The van der Waals surface area contributed by atoms with Crippen molar-refractivity contribution in [2.45, 2.75) is 0 Å². The largest absolute Gasteiger partial charge is 0.497 e. The molecule has 28 heavy (non-hydrogen) atoms. The maximum absolute atomic E-state index is 12.6. The maximum Gasteiger partial charge on any atom is 0.339 e. The number of hydrogen-bond donors (Lipinski definition) is 1. The summed E-state index contributed by atoms with van der Waals surface area (Å²) >= 11 is 0. The van der Waals surface area contributed by atoms with E-state index >= 15 is 0 Å². The number of esters is 1. The van der Waals surface area contributed by atoms with E-state index in [0.29, 0.717) is 22.2 Å². The minimum atomic E-state index is -0.607. The molecule has 0 saturated heterocycles. The number of amides is 1. The summed E-state index contributed by atoms with van der Waals surface area (Å²) < 4.78 is 10.3. The van der Waals surface area contributed by atoms with Crippen LogP contribution in [-0.4, -0.2) is 37.1 Å². The molecule has 0 radical (unpaired) electrons. The molecule has 0 saturated carbocycles. The summed E-state index contributed by atoms with van der Waals surface area (Å²) in [7, 11) is 1.59. The lowest BCUT2D eigenvalue weighted by atomic mass is 10.0. The van der Waals surface area contributed by atoms with Crippen LogP contribution in [0.5, 0.6) is 5.75 Å². The highest BCUT2D eigenvalue weighted by atomic mass is 16.5. The average Bonchev–Trinajstić information content (AvgIpc) is 2.75. The molecule has 3 rings (SSSR count). The van der Waals surface area contributed by atoms with E-state index in [1.165, 1.54) is 0 Å². The molecule has 1 aromatic heterocycles. The number of ether oxygens (including phenoxy) is 2. The number of nitrogens with zero attached hydrogens (tertiary/aromatic N) is 1.